The number of benzene rings is 2. The van der Waals surface area contributed by atoms with Crippen molar-refractivity contribution < 1.29 is 18.4 Å². The highest BCUT2D eigenvalue weighted by atomic mass is 16.5. The van der Waals surface area contributed by atoms with E-state index in [1.54, 1.807) is 36.4 Å². The molecule has 0 saturated carbocycles. The molecule has 4 rings (SSSR count). The van der Waals surface area contributed by atoms with Crippen molar-refractivity contribution in [1.82, 2.24) is 4.90 Å². The third-order valence-corrected chi connectivity index (χ3v) is 4.29. The van der Waals surface area contributed by atoms with E-state index in [0.717, 1.165) is 22.3 Å². The summed E-state index contributed by atoms with van der Waals surface area (Å²) < 4.78 is 16.7. The summed E-state index contributed by atoms with van der Waals surface area (Å²) in [5, 5.41) is 2.28. The van der Waals surface area contributed by atoms with Crippen LogP contribution >= 0.6 is 0 Å². The van der Waals surface area contributed by atoms with Crippen molar-refractivity contribution in [3.05, 3.63) is 90.3 Å². The minimum Gasteiger partial charge on any atom is -0.486 e. The van der Waals surface area contributed by atoms with Crippen LogP contribution in [0.15, 0.2) is 81.8 Å². The van der Waals surface area contributed by atoms with Crippen molar-refractivity contribution in [3.63, 3.8) is 0 Å². The molecule has 4 aromatic rings. The Balaban J connectivity index is 1.39. The van der Waals surface area contributed by atoms with Gasteiger partial charge in [-0.2, -0.15) is 0 Å². The minimum atomic E-state index is -0.205. The highest BCUT2D eigenvalue weighted by molar-refractivity contribution is 5.91. The molecule has 5 nitrogen and oxygen atoms in total. The molecule has 0 aliphatic rings. The number of fused-ring (bicyclic) bond motifs is 1. The molecule has 0 bridgehead atoms. The molecule has 0 spiro atoms. The van der Waals surface area contributed by atoms with Crippen molar-refractivity contribution in [3.8, 4) is 5.75 Å². The van der Waals surface area contributed by atoms with E-state index in [1.165, 1.54) is 0 Å². The Labute approximate surface area is 156 Å². The third-order valence-electron chi connectivity index (χ3n) is 4.29. The van der Waals surface area contributed by atoms with Crippen LogP contribution in [-0.2, 0) is 13.2 Å². The molecule has 2 heterocycles. The van der Waals surface area contributed by atoms with Gasteiger partial charge in [0.2, 0.25) is 0 Å². The van der Waals surface area contributed by atoms with Crippen LogP contribution in [0.5, 0.6) is 5.75 Å². The Morgan fingerprint density at radius 2 is 1.81 bits per heavy atom. The molecule has 5 heteroatoms. The van der Waals surface area contributed by atoms with E-state index < -0.39 is 0 Å². The molecule has 0 atom stereocenters. The smallest absolute Gasteiger partial charge is 0.289 e. The average Bonchev–Trinajstić information content (AvgIpc) is 3.37. The van der Waals surface area contributed by atoms with E-state index in [2.05, 4.69) is 6.07 Å². The monoisotopic (exact) mass is 361 g/mol. The number of ether oxygens (including phenoxy) is 1. The van der Waals surface area contributed by atoms with Crippen LogP contribution in [0.3, 0.4) is 0 Å². The SMILES string of the molecule is CN(Cc1ccco1)C(=O)c1ccc(COc2ccc3ccccc3c2)o1. The number of carbonyl (C=O) groups is 1. The van der Waals surface area contributed by atoms with Crippen LogP contribution in [0.4, 0.5) is 0 Å². The van der Waals surface area contributed by atoms with Gasteiger partial charge in [0.15, 0.2) is 5.76 Å². The molecule has 2 aromatic carbocycles. The zero-order valence-electron chi connectivity index (χ0n) is 14.9. The van der Waals surface area contributed by atoms with Gasteiger partial charge in [-0.3, -0.25) is 4.79 Å². The van der Waals surface area contributed by atoms with Gasteiger partial charge in [0.05, 0.1) is 12.8 Å². The highest BCUT2D eigenvalue weighted by Gasteiger charge is 2.17. The van der Waals surface area contributed by atoms with Crippen molar-refractivity contribution >= 4 is 16.7 Å². The first kappa shape index (κ1) is 17.0. The summed E-state index contributed by atoms with van der Waals surface area (Å²) in [6.45, 7) is 0.642. The molecule has 0 unspecified atom stereocenters. The summed E-state index contributed by atoms with van der Waals surface area (Å²) >= 11 is 0. The maximum Gasteiger partial charge on any atom is 0.289 e. The second-order valence-electron chi connectivity index (χ2n) is 6.30. The van der Waals surface area contributed by atoms with Crippen molar-refractivity contribution in [2.75, 3.05) is 7.05 Å². The lowest BCUT2D eigenvalue weighted by atomic mass is 10.1. The van der Waals surface area contributed by atoms with Gasteiger partial charge >= 0.3 is 0 Å². The zero-order valence-corrected chi connectivity index (χ0v) is 14.9. The lowest BCUT2D eigenvalue weighted by molar-refractivity contribution is 0.0739. The standard InChI is InChI=1S/C22H19NO4/c1-23(14-19-7-4-12-25-19)22(24)21-11-10-20(27-21)15-26-18-9-8-16-5-2-3-6-17(16)13-18/h2-13H,14-15H2,1H3. The van der Waals surface area contributed by atoms with Gasteiger partial charge < -0.3 is 18.5 Å². The van der Waals surface area contributed by atoms with Gasteiger partial charge in [-0.15, -0.1) is 0 Å². The summed E-state index contributed by atoms with van der Waals surface area (Å²) in [6.07, 6.45) is 1.59. The average molecular weight is 361 g/mol. The summed E-state index contributed by atoms with van der Waals surface area (Å²) in [7, 11) is 1.71. The molecule has 1 amide bonds. The van der Waals surface area contributed by atoms with E-state index in [0.29, 0.717) is 12.3 Å². The van der Waals surface area contributed by atoms with Gasteiger partial charge in [-0.05, 0) is 47.2 Å². The van der Waals surface area contributed by atoms with Gasteiger partial charge in [0, 0.05) is 7.05 Å². The lowest BCUT2D eigenvalue weighted by Gasteiger charge is -2.13. The van der Waals surface area contributed by atoms with E-state index >= 15 is 0 Å². The Morgan fingerprint density at radius 1 is 0.963 bits per heavy atom. The maximum absolute atomic E-state index is 12.5. The first-order chi connectivity index (χ1) is 13.2. The Kier molecular flexibility index (Phi) is 4.66. The van der Waals surface area contributed by atoms with E-state index in [-0.39, 0.29) is 18.3 Å². The second kappa shape index (κ2) is 7.41. The van der Waals surface area contributed by atoms with Crippen molar-refractivity contribution in [2.24, 2.45) is 0 Å². The zero-order chi connectivity index (χ0) is 18.6. The molecule has 0 aliphatic heterocycles. The fraction of sp³-hybridized carbons (Fsp3) is 0.136. The van der Waals surface area contributed by atoms with Crippen molar-refractivity contribution in [1.29, 1.82) is 0 Å². The van der Waals surface area contributed by atoms with Crippen LogP contribution in [0.1, 0.15) is 22.1 Å². The largest absolute Gasteiger partial charge is 0.486 e. The summed E-state index contributed by atoms with van der Waals surface area (Å²) in [4.78, 5) is 14.0. The first-order valence-corrected chi connectivity index (χ1v) is 8.67. The summed E-state index contributed by atoms with van der Waals surface area (Å²) in [5.74, 6) is 2.15. The molecule has 27 heavy (non-hydrogen) atoms. The molecular formula is C22H19NO4. The van der Waals surface area contributed by atoms with Gasteiger partial charge in [-0.25, -0.2) is 0 Å². The van der Waals surface area contributed by atoms with Gasteiger partial charge in [-0.1, -0.05) is 30.3 Å². The first-order valence-electron chi connectivity index (χ1n) is 8.67. The highest BCUT2D eigenvalue weighted by Crippen LogP contribution is 2.22. The predicted octanol–water partition coefficient (Wildman–Crippen LogP) is 4.88. The number of hydrogen-bond acceptors (Lipinski definition) is 4. The number of nitrogens with zero attached hydrogens (tertiary/aromatic N) is 1. The molecule has 136 valence electrons. The van der Waals surface area contributed by atoms with E-state index in [9.17, 15) is 4.79 Å². The number of rotatable bonds is 6. The number of carbonyl (C=O) groups excluding carboxylic acids is 1. The number of amides is 1. The Morgan fingerprint density at radius 3 is 2.63 bits per heavy atom. The normalized spacial score (nSPS) is 10.9. The molecule has 0 aliphatic carbocycles. The molecule has 0 N–H and O–H groups in total. The number of furan rings is 2. The second-order valence-corrected chi connectivity index (χ2v) is 6.30. The fourth-order valence-corrected chi connectivity index (χ4v) is 2.88. The number of hydrogen-bond donors (Lipinski definition) is 0. The molecular weight excluding hydrogens is 342 g/mol. The van der Waals surface area contributed by atoms with Gasteiger partial charge in [0.1, 0.15) is 23.9 Å². The Bertz CT molecular complexity index is 1050. The molecule has 0 saturated heterocycles. The van der Waals surface area contributed by atoms with Gasteiger partial charge in [0.25, 0.3) is 5.91 Å². The third kappa shape index (κ3) is 3.87. The van der Waals surface area contributed by atoms with Crippen LogP contribution in [0, 0.1) is 0 Å². The summed E-state index contributed by atoms with van der Waals surface area (Å²) in [6, 6.07) is 21.1. The fourth-order valence-electron chi connectivity index (χ4n) is 2.88. The topological polar surface area (TPSA) is 55.8 Å². The quantitative estimate of drug-likeness (QED) is 0.491. The molecule has 0 radical (unpaired) electrons. The Hall–Kier alpha value is -3.47. The minimum absolute atomic E-state index is 0.205. The van der Waals surface area contributed by atoms with Crippen molar-refractivity contribution in [2.45, 2.75) is 13.2 Å². The maximum atomic E-state index is 12.5. The van der Waals surface area contributed by atoms with Crippen LogP contribution in [-0.4, -0.2) is 17.9 Å². The predicted molar refractivity (Wildman–Crippen MR) is 101 cm³/mol. The van der Waals surface area contributed by atoms with Crippen LogP contribution in [0.25, 0.3) is 10.8 Å². The van der Waals surface area contributed by atoms with E-state index in [4.69, 9.17) is 13.6 Å². The summed E-state index contributed by atoms with van der Waals surface area (Å²) in [5.41, 5.74) is 0. The molecule has 2 aromatic heterocycles. The molecule has 0 fully saturated rings. The lowest BCUT2D eigenvalue weighted by Crippen LogP contribution is -2.25. The van der Waals surface area contributed by atoms with E-state index in [1.807, 2.05) is 42.5 Å². The van der Waals surface area contributed by atoms with Crippen LogP contribution in [0.2, 0.25) is 0 Å². The van der Waals surface area contributed by atoms with Crippen LogP contribution < -0.4 is 4.74 Å².